The van der Waals surface area contributed by atoms with Crippen molar-refractivity contribution in [3.8, 4) is 5.75 Å². The van der Waals surface area contributed by atoms with Crippen molar-refractivity contribution in [3.63, 3.8) is 0 Å². The second-order valence-electron chi connectivity index (χ2n) is 4.95. The van der Waals surface area contributed by atoms with Gasteiger partial charge >= 0.3 is 0 Å². The van der Waals surface area contributed by atoms with Gasteiger partial charge in [-0.15, -0.1) is 0 Å². The molecule has 1 fully saturated rings. The first kappa shape index (κ1) is 14.3. The van der Waals surface area contributed by atoms with Crippen LogP contribution in [-0.2, 0) is 16.6 Å². The fraction of sp³-hybridized carbons (Fsp3) is 0.538. The Kier molecular flexibility index (Phi) is 4.44. The van der Waals surface area contributed by atoms with E-state index in [1.807, 2.05) is 24.3 Å². The minimum Gasteiger partial charge on any atom is -0.497 e. The molecule has 2 N–H and O–H groups in total. The van der Waals surface area contributed by atoms with Gasteiger partial charge in [0.15, 0.2) is 0 Å². The number of methoxy groups -OCH3 is 1. The first-order chi connectivity index (χ1) is 8.98. The van der Waals surface area contributed by atoms with E-state index in [-0.39, 0.29) is 11.8 Å². The number of nitrogens with two attached hydrogens (primary N) is 1. The molecule has 2 rings (SSSR count). The van der Waals surface area contributed by atoms with Gasteiger partial charge in [0.1, 0.15) is 5.75 Å². The summed E-state index contributed by atoms with van der Waals surface area (Å²) in [6.45, 7) is 1.65. The van der Waals surface area contributed by atoms with E-state index in [9.17, 15) is 8.42 Å². The molecule has 1 aromatic rings. The maximum absolute atomic E-state index is 11.2. The molecular formula is C13H20N2O3S. The fourth-order valence-electron chi connectivity index (χ4n) is 2.57. The topological polar surface area (TPSA) is 72.6 Å². The van der Waals surface area contributed by atoms with Gasteiger partial charge < -0.3 is 4.74 Å². The van der Waals surface area contributed by atoms with Crippen LogP contribution in [0, 0.1) is 0 Å². The normalized spacial score (nSPS) is 20.6. The minimum atomic E-state index is -3.41. The summed E-state index contributed by atoms with van der Waals surface area (Å²) in [5, 5.41) is 5.14. The van der Waals surface area contributed by atoms with Crippen molar-refractivity contribution in [1.29, 1.82) is 0 Å². The van der Waals surface area contributed by atoms with Gasteiger partial charge in [-0.25, -0.2) is 13.6 Å². The lowest BCUT2D eigenvalue weighted by molar-refractivity contribution is 0.261. The van der Waals surface area contributed by atoms with Crippen molar-refractivity contribution < 1.29 is 13.2 Å². The van der Waals surface area contributed by atoms with Gasteiger partial charge in [-0.2, -0.15) is 0 Å². The lowest BCUT2D eigenvalue weighted by Crippen LogP contribution is -2.36. The number of benzene rings is 1. The third kappa shape index (κ3) is 4.19. The molecule has 0 saturated carbocycles. The Hall–Kier alpha value is -1.11. The number of nitrogens with zero attached hydrogens (tertiary/aromatic N) is 1. The zero-order valence-electron chi connectivity index (χ0n) is 11.1. The molecule has 19 heavy (non-hydrogen) atoms. The van der Waals surface area contributed by atoms with Gasteiger partial charge in [0.2, 0.25) is 10.0 Å². The third-order valence-electron chi connectivity index (χ3n) is 3.44. The zero-order chi connectivity index (χ0) is 13.9. The number of primary sulfonamides is 1. The molecule has 6 heteroatoms. The van der Waals surface area contributed by atoms with Gasteiger partial charge in [-0.05, 0) is 37.1 Å². The molecule has 106 valence electrons. The van der Waals surface area contributed by atoms with E-state index in [2.05, 4.69) is 4.90 Å². The molecule has 1 heterocycles. The number of hydrogen-bond acceptors (Lipinski definition) is 4. The fourth-order valence-corrected chi connectivity index (χ4v) is 3.48. The van der Waals surface area contributed by atoms with Crippen LogP contribution in [-0.4, -0.2) is 38.8 Å². The SMILES string of the molecule is COc1cccc(CN2CCC[C@H]2CS(N)(=O)=O)c1. The molecule has 0 spiro atoms. The van der Waals surface area contributed by atoms with Crippen molar-refractivity contribution in [3.05, 3.63) is 29.8 Å². The van der Waals surface area contributed by atoms with E-state index in [1.54, 1.807) is 7.11 Å². The summed E-state index contributed by atoms with van der Waals surface area (Å²) >= 11 is 0. The lowest BCUT2D eigenvalue weighted by atomic mass is 10.2. The molecule has 0 aliphatic carbocycles. The summed E-state index contributed by atoms with van der Waals surface area (Å²) in [5.74, 6) is 0.858. The van der Waals surface area contributed by atoms with Crippen molar-refractivity contribution in [2.45, 2.75) is 25.4 Å². The smallest absolute Gasteiger partial charge is 0.210 e. The van der Waals surface area contributed by atoms with Gasteiger partial charge in [0.05, 0.1) is 12.9 Å². The standard InChI is InChI=1S/C13H20N2O3S/c1-18-13-6-2-4-11(8-13)9-15-7-3-5-12(15)10-19(14,16)17/h2,4,6,8,12H,3,5,7,9-10H2,1H3,(H2,14,16,17)/t12-/m0/s1. The number of ether oxygens (including phenoxy) is 1. The largest absolute Gasteiger partial charge is 0.497 e. The Labute approximate surface area is 114 Å². The summed E-state index contributed by atoms with van der Waals surface area (Å²) in [7, 11) is -1.77. The molecule has 0 radical (unpaired) electrons. The third-order valence-corrected chi connectivity index (χ3v) is 4.29. The van der Waals surface area contributed by atoms with Crippen molar-refractivity contribution in [2.24, 2.45) is 5.14 Å². The van der Waals surface area contributed by atoms with Crippen LogP contribution in [0.15, 0.2) is 24.3 Å². The highest BCUT2D eigenvalue weighted by Crippen LogP contribution is 2.22. The van der Waals surface area contributed by atoms with Crippen molar-refractivity contribution in [2.75, 3.05) is 19.4 Å². The molecule has 0 aromatic heterocycles. The number of likely N-dealkylation sites (tertiary alicyclic amines) is 1. The maximum atomic E-state index is 11.2. The van der Waals surface area contributed by atoms with Crippen molar-refractivity contribution >= 4 is 10.0 Å². The average Bonchev–Trinajstić information content (AvgIpc) is 2.74. The predicted octanol–water partition coefficient (Wildman–Crippen LogP) is 0.948. The van der Waals surface area contributed by atoms with Crippen LogP contribution in [0.3, 0.4) is 0 Å². The van der Waals surface area contributed by atoms with E-state index < -0.39 is 10.0 Å². The quantitative estimate of drug-likeness (QED) is 0.873. The Morgan fingerprint density at radius 3 is 2.95 bits per heavy atom. The summed E-state index contributed by atoms with van der Waals surface area (Å²) in [6.07, 6.45) is 1.91. The van der Waals surface area contributed by atoms with Crippen LogP contribution in [0.5, 0.6) is 5.75 Å². The first-order valence-electron chi connectivity index (χ1n) is 6.35. The maximum Gasteiger partial charge on any atom is 0.210 e. The van der Waals surface area contributed by atoms with E-state index in [4.69, 9.17) is 9.88 Å². The van der Waals surface area contributed by atoms with Crippen LogP contribution in [0.4, 0.5) is 0 Å². The van der Waals surface area contributed by atoms with Crippen LogP contribution in [0.25, 0.3) is 0 Å². The molecular weight excluding hydrogens is 264 g/mol. The van der Waals surface area contributed by atoms with E-state index in [1.165, 1.54) is 0 Å². The van der Waals surface area contributed by atoms with Crippen LogP contribution in [0.2, 0.25) is 0 Å². The van der Waals surface area contributed by atoms with Gasteiger partial charge in [-0.1, -0.05) is 12.1 Å². The molecule has 0 unspecified atom stereocenters. The van der Waals surface area contributed by atoms with Crippen LogP contribution < -0.4 is 9.88 Å². The lowest BCUT2D eigenvalue weighted by Gasteiger charge is -2.23. The molecule has 0 amide bonds. The Bertz CT molecular complexity index is 530. The summed E-state index contributed by atoms with van der Waals surface area (Å²) < 4.78 is 27.6. The first-order valence-corrected chi connectivity index (χ1v) is 8.07. The summed E-state index contributed by atoms with van der Waals surface area (Å²) in [6, 6.07) is 7.87. The Morgan fingerprint density at radius 1 is 1.47 bits per heavy atom. The Balaban J connectivity index is 2.04. The van der Waals surface area contributed by atoms with Crippen molar-refractivity contribution in [1.82, 2.24) is 4.90 Å². The Morgan fingerprint density at radius 2 is 2.26 bits per heavy atom. The average molecular weight is 284 g/mol. The molecule has 1 aliphatic heterocycles. The summed E-state index contributed by atoms with van der Waals surface area (Å²) in [4.78, 5) is 2.18. The minimum absolute atomic E-state index is 0.0289. The van der Waals surface area contributed by atoms with Crippen LogP contribution >= 0.6 is 0 Å². The second-order valence-corrected chi connectivity index (χ2v) is 6.61. The van der Waals surface area contributed by atoms with E-state index >= 15 is 0 Å². The summed E-state index contributed by atoms with van der Waals surface area (Å²) in [5.41, 5.74) is 1.13. The van der Waals surface area contributed by atoms with Crippen LogP contribution in [0.1, 0.15) is 18.4 Å². The highest BCUT2D eigenvalue weighted by atomic mass is 32.2. The molecule has 5 nitrogen and oxygen atoms in total. The molecule has 1 saturated heterocycles. The molecule has 1 atom stereocenters. The second kappa shape index (κ2) is 5.90. The molecule has 1 aromatic carbocycles. The predicted molar refractivity (Wildman–Crippen MR) is 74.4 cm³/mol. The molecule has 1 aliphatic rings. The highest BCUT2D eigenvalue weighted by Gasteiger charge is 2.27. The molecule has 0 bridgehead atoms. The number of sulfonamides is 1. The zero-order valence-corrected chi connectivity index (χ0v) is 11.9. The van der Waals surface area contributed by atoms with E-state index in [0.29, 0.717) is 0 Å². The van der Waals surface area contributed by atoms with Gasteiger partial charge in [0, 0.05) is 12.6 Å². The highest BCUT2D eigenvalue weighted by molar-refractivity contribution is 7.89. The monoisotopic (exact) mass is 284 g/mol. The van der Waals surface area contributed by atoms with Gasteiger partial charge in [0.25, 0.3) is 0 Å². The van der Waals surface area contributed by atoms with Gasteiger partial charge in [-0.3, -0.25) is 4.90 Å². The number of rotatable bonds is 5. The van der Waals surface area contributed by atoms with E-state index in [0.717, 1.165) is 37.2 Å². The number of hydrogen-bond donors (Lipinski definition) is 1.